The molecule has 1 N–H and O–H groups in total. The van der Waals surface area contributed by atoms with Gasteiger partial charge < -0.3 is 10.1 Å². The summed E-state index contributed by atoms with van der Waals surface area (Å²) in [4.78, 5) is 11.6. The summed E-state index contributed by atoms with van der Waals surface area (Å²) in [6.07, 6.45) is 3.46. The zero-order valence-corrected chi connectivity index (χ0v) is 16.3. The highest BCUT2D eigenvalue weighted by atomic mass is 32.2. The van der Waals surface area contributed by atoms with Gasteiger partial charge in [-0.15, -0.1) is 0 Å². The largest absolute Gasteiger partial charge is 0.444 e. The number of hydrogen-bond acceptors (Lipinski definition) is 4. The number of carbonyl (C=O) groups is 1. The molecular formula is C16H35NO4S. The van der Waals surface area contributed by atoms with Crippen LogP contribution in [0.3, 0.4) is 0 Å². The minimum Gasteiger partial charge on any atom is -0.444 e. The molecule has 0 aromatic rings. The third-order valence-electron chi connectivity index (χ3n) is 3.00. The lowest BCUT2D eigenvalue weighted by Crippen LogP contribution is -2.42. The molecule has 6 heteroatoms. The summed E-state index contributed by atoms with van der Waals surface area (Å²) in [5, 5.41) is 2.54. The molecule has 0 bridgehead atoms. The first kappa shape index (κ1) is 23.5. The quantitative estimate of drug-likeness (QED) is 0.829. The summed E-state index contributed by atoms with van der Waals surface area (Å²) >= 11 is 0. The first-order valence-electron chi connectivity index (χ1n) is 8.26. The summed E-state index contributed by atoms with van der Waals surface area (Å²) in [6, 6.07) is 0.0258. The molecule has 0 aliphatic heterocycles. The Bertz CT molecular complexity index is 391. The van der Waals surface area contributed by atoms with E-state index in [9.17, 15) is 13.2 Å². The van der Waals surface area contributed by atoms with Gasteiger partial charge in [-0.3, -0.25) is 0 Å². The molecule has 0 radical (unpaired) electrons. The number of amides is 1. The Morgan fingerprint density at radius 2 is 1.41 bits per heavy atom. The number of hydrogen-bond donors (Lipinski definition) is 1. The van der Waals surface area contributed by atoms with Crippen LogP contribution >= 0.6 is 0 Å². The van der Waals surface area contributed by atoms with E-state index in [1.54, 1.807) is 0 Å². The fourth-order valence-corrected chi connectivity index (χ4v) is 3.24. The van der Waals surface area contributed by atoms with Crippen LogP contribution in [0.2, 0.25) is 0 Å². The smallest absolute Gasteiger partial charge is 0.407 e. The summed E-state index contributed by atoms with van der Waals surface area (Å²) in [5.74, 6) is 0. The number of ether oxygens (including phenoxy) is 1. The van der Waals surface area contributed by atoms with Crippen LogP contribution in [0.15, 0.2) is 0 Å². The summed E-state index contributed by atoms with van der Waals surface area (Å²) in [6.45, 7) is 13.4. The Balaban J connectivity index is 0. The van der Waals surface area contributed by atoms with Gasteiger partial charge >= 0.3 is 6.09 Å². The maximum absolute atomic E-state index is 11.6. The van der Waals surface area contributed by atoms with Gasteiger partial charge in [-0.2, -0.15) is 0 Å². The van der Waals surface area contributed by atoms with Crippen LogP contribution < -0.4 is 5.32 Å². The number of alkyl carbamates (subject to hydrolysis) is 1. The van der Waals surface area contributed by atoms with Gasteiger partial charge in [0, 0.05) is 12.3 Å². The van der Waals surface area contributed by atoms with E-state index in [-0.39, 0.29) is 11.3 Å². The minimum absolute atomic E-state index is 0.0258. The van der Waals surface area contributed by atoms with Crippen LogP contribution in [0.5, 0.6) is 0 Å². The van der Waals surface area contributed by atoms with Gasteiger partial charge in [0.1, 0.15) is 15.4 Å². The van der Waals surface area contributed by atoms with Crippen molar-refractivity contribution in [3.05, 3.63) is 0 Å². The van der Waals surface area contributed by atoms with Crippen LogP contribution in [0.4, 0.5) is 4.79 Å². The van der Waals surface area contributed by atoms with Gasteiger partial charge in [-0.05, 0) is 46.5 Å². The molecule has 134 valence electrons. The van der Waals surface area contributed by atoms with Crippen LogP contribution in [0.1, 0.15) is 74.1 Å². The van der Waals surface area contributed by atoms with Crippen molar-refractivity contribution >= 4 is 15.9 Å². The lowest BCUT2D eigenvalue weighted by Gasteiger charge is -2.29. The second-order valence-electron chi connectivity index (χ2n) is 5.95. The molecular weight excluding hydrogens is 302 g/mol. The Labute approximate surface area is 137 Å². The van der Waals surface area contributed by atoms with Crippen molar-refractivity contribution in [3.63, 3.8) is 0 Å². The highest BCUT2D eigenvalue weighted by molar-refractivity contribution is 7.91. The monoisotopic (exact) mass is 337 g/mol. The molecule has 1 amide bonds. The average molecular weight is 338 g/mol. The molecule has 0 aromatic carbocycles. The lowest BCUT2D eigenvalue weighted by atomic mass is 9.95. The fourth-order valence-electron chi connectivity index (χ4n) is 2.11. The van der Waals surface area contributed by atoms with Gasteiger partial charge in [0.2, 0.25) is 0 Å². The zero-order chi connectivity index (χ0) is 18.0. The van der Waals surface area contributed by atoms with Crippen molar-refractivity contribution < 1.29 is 17.9 Å². The lowest BCUT2D eigenvalue weighted by molar-refractivity contribution is 0.0493. The van der Waals surface area contributed by atoms with E-state index in [1.165, 1.54) is 6.26 Å². The van der Waals surface area contributed by atoms with Crippen LogP contribution in [-0.4, -0.2) is 37.7 Å². The van der Waals surface area contributed by atoms with Crippen LogP contribution in [0.25, 0.3) is 0 Å². The van der Waals surface area contributed by atoms with E-state index in [4.69, 9.17) is 4.74 Å². The maximum atomic E-state index is 11.6. The molecule has 0 heterocycles. The van der Waals surface area contributed by atoms with Crippen molar-refractivity contribution in [2.45, 2.75) is 91.0 Å². The highest BCUT2D eigenvalue weighted by Crippen LogP contribution is 2.24. The third-order valence-corrected chi connectivity index (χ3v) is 4.68. The first-order valence-corrected chi connectivity index (χ1v) is 10.2. The molecule has 5 nitrogen and oxygen atoms in total. The average Bonchev–Trinajstić information content (AvgIpc) is 2.40. The molecule has 22 heavy (non-hydrogen) atoms. The predicted molar refractivity (Wildman–Crippen MR) is 93.0 cm³/mol. The second kappa shape index (κ2) is 10.9. The standard InChI is InChI=1S/C12H23NO4S.2C2H6/c1-12(2,3)17-11(14)13-9-5-7-10(8-6-9)18(4,15)16;2*1-2/h9-10H,5-8H2,1-4H3,(H,13,14);2*1-2H3. The second-order valence-corrected chi connectivity index (χ2v) is 8.28. The Kier molecular flexibility index (Phi) is 11.6. The SMILES string of the molecule is CC.CC.CC(C)(C)OC(=O)NC1CCC(S(C)(=O)=O)CC1. The minimum atomic E-state index is -2.95. The van der Waals surface area contributed by atoms with Gasteiger partial charge in [0.05, 0.1) is 5.25 Å². The number of sulfone groups is 1. The molecule has 0 unspecified atom stereocenters. The predicted octanol–water partition coefficient (Wildman–Crippen LogP) is 3.92. The first-order chi connectivity index (χ1) is 10.1. The summed E-state index contributed by atoms with van der Waals surface area (Å²) in [5.41, 5.74) is -0.506. The number of nitrogens with one attached hydrogen (secondary N) is 1. The molecule has 0 spiro atoms. The van der Waals surface area contributed by atoms with Crippen LogP contribution in [0, 0.1) is 0 Å². The van der Waals surface area contributed by atoms with Crippen molar-refractivity contribution in [2.75, 3.05) is 6.26 Å². The molecule has 0 atom stereocenters. The topological polar surface area (TPSA) is 72.5 Å². The van der Waals surface area contributed by atoms with Gasteiger partial charge in [-0.1, -0.05) is 27.7 Å². The van der Waals surface area contributed by atoms with Gasteiger partial charge in [-0.25, -0.2) is 13.2 Å². The maximum Gasteiger partial charge on any atom is 0.407 e. The van der Waals surface area contributed by atoms with Crippen molar-refractivity contribution in [1.29, 1.82) is 0 Å². The Hall–Kier alpha value is -0.780. The molecule has 1 aliphatic carbocycles. The zero-order valence-electron chi connectivity index (χ0n) is 15.5. The van der Waals surface area contributed by atoms with E-state index < -0.39 is 21.5 Å². The van der Waals surface area contributed by atoms with Gasteiger partial charge in [0.15, 0.2) is 0 Å². The molecule has 0 aromatic heterocycles. The van der Waals surface area contributed by atoms with E-state index in [0.717, 1.165) is 0 Å². The molecule has 1 rings (SSSR count). The summed E-state index contributed by atoms with van der Waals surface area (Å²) in [7, 11) is -2.95. The van der Waals surface area contributed by atoms with Crippen molar-refractivity contribution in [3.8, 4) is 0 Å². The molecule has 1 aliphatic rings. The van der Waals surface area contributed by atoms with E-state index >= 15 is 0 Å². The van der Waals surface area contributed by atoms with Crippen LogP contribution in [-0.2, 0) is 14.6 Å². The molecule has 1 saturated carbocycles. The highest BCUT2D eigenvalue weighted by Gasteiger charge is 2.29. The fraction of sp³-hybridized carbons (Fsp3) is 0.938. The van der Waals surface area contributed by atoms with E-state index in [0.29, 0.717) is 25.7 Å². The normalized spacial score (nSPS) is 21.5. The molecule has 0 saturated heterocycles. The van der Waals surface area contributed by atoms with E-state index in [2.05, 4.69) is 5.32 Å². The van der Waals surface area contributed by atoms with Crippen molar-refractivity contribution in [2.24, 2.45) is 0 Å². The number of carbonyl (C=O) groups excluding carboxylic acids is 1. The summed E-state index contributed by atoms with van der Waals surface area (Å²) < 4.78 is 27.9. The van der Waals surface area contributed by atoms with Crippen molar-refractivity contribution in [1.82, 2.24) is 5.32 Å². The Morgan fingerprint density at radius 3 is 1.73 bits per heavy atom. The van der Waals surface area contributed by atoms with E-state index in [1.807, 2.05) is 48.5 Å². The number of rotatable bonds is 2. The third kappa shape index (κ3) is 10.9. The Morgan fingerprint density at radius 1 is 1.00 bits per heavy atom. The molecule has 1 fully saturated rings. The van der Waals surface area contributed by atoms with Gasteiger partial charge in [0.25, 0.3) is 0 Å².